The first-order valence-corrected chi connectivity index (χ1v) is 6.47. The molecule has 2 amide bonds. The van der Waals surface area contributed by atoms with E-state index in [4.69, 9.17) is 0 Å². The van der Waals surface area contributed by atoms with Crippen LogP contribution in [0.3, 0.4) is 0 Å². The van der Waals surface area contributed by atoms with Crippen LogP contribution in [0.25, 0.3) is 0 Å². The molecule has 1 fully saturated rings. The molecule has 104 valence electrons. The first-order chi connectivity index (χ1) is 9.49. The van der Waals surface area contributed by atoms with Crippen molar-refractivity contribution in [1.29, 1.82) is 0 Å². The van der Waals surface area contributed by atoms with E-state index >= 15 is 0 Å². The summed E-state index contributed by atoms with van der Waals surface area (Å²) < 4.78 is 0. The Hall–Kier alpha value is -2.36. The van der Waals surface area contributed by atoms with E-state index in [-0.39, 0.29) is 18.2 Å². The zero-order chi connectivity index (χ0) is 14.7. The highest BCUT2D eigenvalue weighted by atomic mass is 16.2. The van der Waals surface area contributed by atoms with Crippen LogP contribution in [0.1, 0.15) is 13.3 Å². The van der Waals surface area contributed by atoms with Crippen molar-refractivity contribution < 1.29 is 9.59 Å². The Balaban J connectivity index is 2.28. The third kappa shape index (κ3) is 2.96. The summed E-state index contributed by atoms with van der Waals surface area (Å²) in [7, 11) is 3.83. The zero-order valence-electron chi connectivity index (χ0n) is 12.0. The van der Waals surface area contributed by atoms with Crippen molar-refractivity contribution in [2.24, 2.45) is 0 Å². The van der Waals surface area contributed by atoms with Crippen LogP contribution >= 0.6 is 0 Å². The molecule has 4 nitrogen and oxygen atoms in total. The maximum absolute atomic E-state index is 12.3. The van der Waals surface area contributed by atoms with E-state index in [9.17, 15) is 9.59 Å². The van der Waals surface area contributed by atoms with Gasteiger partial charge >= 0.3 is 0 Å². The van der Waals surface area contributed by atoms with Gasteiger partial charge in [-0.2, -0.15) is 0 Å². The number of carbonyl (C=O) groups excluding carboxylic acids is 2. The largest absolute Gasteiger partial charge is 0.383 e. The smallest absolute Gasteiger partial charge is 0.261 e. The lowest BCUT2D eigenvalue weighted by Crippen LogP contribution is -2.28. The molecule has 20 heavy (non-hydrogen) atoms. The molecule has 1 heterocycles. The number of imide groups is 1. The fourth-order valence-electron chi connectivity index (χ4n) is 2.24. The molecule has 1 saturated heterocycles. The highest BCUT2D eigenvalue weighted by Gasteiger charge is 2.34. The number of carbonyl (C=O) groups is 2. The average Bonchev–Trinajstić information content (AvgIpc) is 2.64. The predicted octanol–water partition coefficient (Wildman–Crippen LogP) is 2.34. The van der Waals surface area contributed by atoms with Crippen LogP contribution in [0.15, 0.2) is 53.8 Å². The van der Waals surface area contributed by atoms with Gasteiger partial charge in [-0.3, -0.25) is 9.59 Å². The van der Waals surface area contributed by atoms with Crippen LogP contribution in [0, 0.1) is 0 Å². The normalized spacial score (nSPS) is 18.1. The Labute approximate surface area is 119 Å². The molecule has 1 aliphatic rings. The summed E-state index contributed by atoms with van der Waals surface area (Å²) in [5.41, 5.74) is 2.11. The molecule has 0 unspecified atom stereocenters. The van der Waals surface area contributed by atoms with Gasteiger partial charge in [-0.25, -0.2) is 4.90 Å². The molecular weight excluding hydrogens is 252 g/mol. The fourth-order valence-corrected chi connectivity index (χ4v) is 2.24. The van der Waals surface area contributed by atoms with Gasteiger partial charge in [-0.15, -0.1) is 0 Å². The molecule has 0 aromatic heterocycles. The summed E-state index contributed by atoms with van der Waals surface area (Å²) in [6.45, 7) is 1.91. The third-order valence-corrected chi connectivity index (χ3v) is 2.95. The van der Waals surface area contributed by atoms with Crippen molar-refractivity contribution in [1.82, 2.24) is 4.90 Å². The Morgan fingerprint density at radius 2 is 1.85 bits per heavy atom. The van der Waals surface area contributed by atoms with Crippen molar-refractivity contribution in [2.75, 3.05) is 19.0 Å². The van der Waals surface area contributed by atoms with Crippen LogP contribution in [-0.4, -0.2) is 30.8 Å². The Morgan fingerprint density at radius 3 is 2.45 bits per heavy atom. The lowest BCUT2D eigenvalue weighted by molar-refractivity contribution is -0.120. The molecule has 0 radical (unpaired) electrons. The van der Waals surface area contributed by atoms with Crippen molar-refractivity contribution in [3.05, 3.63) is 53.8 Å². The highest BCUT2D eigenvalue weighted by Crippen LogP contribution is 2.26. The van der Waals surface area contributed by atoms with Gasteiger partial charge in [0.25, 0.3) is 5.91 Å². The van der Waals surface area contributed by atoms with Gasteiger partial charge in [0.2, 0.25) is 5.91 Å². The Morgan fingerprint density at radius 1 is 1.20 bits per heavy atom. The Bertz CT molecular complexity index is 586. The molecule has 4 heteroatoms. The minimum absolute atomic E-state index is 0.159. The highest BCUT2D eigenvalue weighted by molar-refractivity contribution is 6.28. The number of allylic oxidation sites excluding steroid dienone is 2. The van der Waals surface area contributed by atoms with Crippen LogP contribution < -0.4 is 4.90 Å². The lowest BCUT2D eigenvalue weighted by Gasteiger charge is -2.12. The molecule has 0 spiro atoms. The first kappa shape index (κ1) is 14.1. The SMILES string of the molecule is CC(=CN(C)C)C=C1CC(=O)N(c2ccccc2)C1=O. The fraction of sp³-hybridized carbons (Fsp3) is 0.250. The summed E-state index contributed by atoms with van der Waals surface area (Å²) >= 11 is 0. The topological polar surface area (TPSA) is 40.6 Å². The van der Waals surface area contributed by atoms with Gasteiger partial charge in [-0.05, 0) is 30.7 Å². The second-order valence-corrected chi connectivity index (χ2v) is 5.05. The van der Waals surface area contributed by atoms with E-state index in [2.05, 4.69) is 0 Å². The average molecular weight is 270 g/mol. The number of hydrogen-bond donors (Lipinski definition) is 0. The van der Waals surface area contributed by atoms with E-state index in [1.165, 1.54) is 4.90 Å². The van der Waals surface area contributed by atoms with Crippen molar-refractivity contribution in [3.8, 4) is 0 Å². The molecule has 0 atom stereocenters. The minimum atomic E-state index is -0.229. The van der Waals surface area contributed by atoms with Gasteiger partial charge in [0.1, 0.15) is 0 Å². The van der Waals surface area contributed by atoms with Crippen molar-refractivity contribution in [2.45, 2.75) is 13.3 Å². The van der Waals surface area contributed by atoms with Crippen LogP contribution in [0.4, 0.5) is 5.69 Å². The minimum Gasteiger partial charge on any atom is -0.383 e. The van der Waals surface area contributed by atoms with Gasteiger partial charge < -0.3 is 4.90 Å². The molecule has 0 N–H and O–H groups in total. The standard InChI is InChI=1S/C16H18N2O2/c1-12(11-17(2)3)9-13-10-15(19)18(16(13)20)14-7-5-4-6-8-14/h4-9,11H,10H2,1-3H3. The summed E-state index contributed by atoms with van der Waals surface area (Å²) in [5, 5.41) is 0. The Kier molecular flexibility index (Phi) is 4.03. The third-order valence-electron chi connectivity index (χ3n) is 2.95. The van der Waals surface area contributed by atoms with Gasteiger partial charge in [-0.1, -0.05) is 18.2 Å². The van der Waals surface area contributed by atoms with Crippen molar-refractivity contribution in [3.63, 3.8) is 0 Å². The number of amides is 2. The predicted molar refractivity (Wildman–Crippen MR) is 79.1 cm³/mol. The van der Waals surface area contributed by atoms with Crippen molar-refractivity contribution >= 4 is 17.5 Å². The molecule has 0 saturated carbocycles. The number of hydrogen-bond acceptors (Lipinski definition) is 3. The van der Waals surface area contributed by atoms with Gasteiger partial charge in [0.05, 0.1) is 12.1 Å². The quantitative estimate of drug-likeness (QED) is 0.625. The molecule has 2 rings (SSSR count). The van der Waals surface area contributed by atoms with E-state index in [0.29, 0.717) is 11.3 Å². The number of para-hydroxylation sites is 1. The van der Waals surface area contributed by atoms with Crippen LogP contribution in [-0.2, 0) is 9.59 Å². The number of benzene rings is 1. The van der Waals surface area contributed by atoms with E-state index in [1.54, 1.807) is 18.2 Å². The lowest BCUT2D eigenvalue weighted by atomic mass is 10.1. The summed E-state index contributed by atoms with van der Waals surface area (Å²) in [6, 6.07) is 9.02. The van der Waals surface area contributed by atoms with Gasteiger partial charge in [0, 0.05) is 25.9 Å². The molecule has 0 aliphatic carbocycles. The maximum Gasteiger partial charge on any atom is 0.261 e. The van der Waals surface area contributed by atoms with Gasteiger partial charge in [0.15, 0.2) is 0 Å². The summed E-state index contributed by atoms with van der Waals surface area (Å²) in [5.74, 6) is -0.405. The monoisotopic (exact) mass is 270 g/mol. The zero-order valence-corrected chi connectivity index (χ0v) is 12.0. The number of rotatable bonds is 3. The summed E-state index contributed by atoms with van der Waals surface area (Å²) in [4.78, 5) is 27.5. The maximum atomic E-state index is 12.3. The molecule has 1 aromatic carbocycles. The molecule has 1 aromatic rings. The number of nitrogens with zero attached hydrogens (tertiary/aromatic N) is 2. The van der Waals surface area contributed by atoms with Crippen LogP contribution in [0.2, 0.25) is 0 Å². The molecular formula is C16H18N2O2. The number of anilines is 1. The second kappa shape index (κ2) is 5.74. The van der Waals surface area contributed by atoms with E-state index < -0.39 is 0 Å². The first-order valence-electron chi connectivity index (χ1n) is 6.47. The second-order valence-electron chi connectivity index (χ2n) is 5.05. The summed E-state index contributed by atoms with van der Waals surface area (Å²) in [6.07, 6.45) is 3.85. The van der Waals surface area contributed by atoms with E-state index in [0.717, 1.165) is 5.57 Å². The van der Waals surface area contributed by atoms with Crippen LogP contribution in [0.5, 0.6) is 0 Å². The molecule has 1 aliphatic heterocycles. The van der Waals surface area contributed by atoms with E-state index in [1.807, 2.05) is 50.3 Å². The molecule has 0 bridgehead atoms.